The number of rotatable bonds is 4. The van der Waals surface area contributed by atoms with E-state index in [4.69, 9.17) is 0 Å². The van der Waals surface area contributed by atoms with E-state index in [-0.39, 0.29) is 19.3 Å². The SMILES string of the molecule is O=C(O)C1CC(C(=O)O)C2CCC1C(C(=O)O)C2C(=O)O. The van der Waals surface area contributed by atoms with Crippen LogP contribution in [0.5, 0.6) is 0 Å². The normalized spacial score (nSPS) is 38.5. The monoisotopic (exact) mass is 300 g/mol. The second-order valence-corrected chi connectivity index (χ2v) is 5.76. The van der Waals surface area contributed by atoms with Gasteiger partial charge in [0.25, 0.3) is 0 Å². The van der Waals surface area contributed by atoms with E-state index in [1.54, 1.807) is 0 Å². The summed E-state index contributed by atoms with van der Waals surface area (Å²) in [6.45, 7) is 0. The zero-order valence-corrected chi connectivity index (χ0v) is 11.0. The lowest BCUT2D eigenvalue weighted by Gasteiger charge is -2.37. The highest BCUT2D eigenvalue weighted by atomic mass is 16.4. The van der Waals surface area contributed by atoms with Crippen molar-refractivity contribution >= 4 is 23.9 Å². The first-order valence-electron chi connectivity index (χ1n) is 6.67. The van der Waals surface area contributed by atoms with E-state index in [2.05, 4.69) is 0 Å². The number of hydrogen-bond acceptors (Lipinski definition) is 4. The number of carbonyl (C=O) groups is 4. The van der Waals surface area contributed by atoms with Crippen molar-refractivity contribution in [3.63, 3.8) is 0 Å². The minimum absolute atomic E-state index is 0.215. The average molecular weight is 300 g/mol. The van der Waals surface area contributed by atoms with Crippen LogP contribution in [0.3, 0.4) is 0 Å². The van der Waals surface area contributed by atoms with E-state index in [0.717, 1.165) is 0 Å². The Bertz CT molecular complexity index is 454. The van der Waals surface area contributed by atoms with Crippen molar-refractivity contribution in [2.45, 2.75) is 19.3 Å². The van der Waals surface area contributed by atoms with E-state index in [1.807, 2.05) is 0 Å². The second kappa shape index (κ2) is 5.34. The molecule has 6 unspecified atom stereocenters. The Morgan fingerprint density at radius 3 is 1.19 bits per heavy atom. The summed E-state index contributed by atoms with van der Waals surface area (Å²) in [5.74, 6) is -11.9. The standard InChI is InChI=1S/C13H16O8/c14-10(15)6-3-7(11(16)17)5-2-1-4(6)8(12(18)19)9(5)13(20)21/h4-9H,1-3H2,(H,14,15)(H,16,17)(H,18,19)(H,20,21). The fourth-order valence-electron chi connectivity index (χ4n) is 4.04. The third-order valence-corrected chi connectivity index (χ3v) is 4.89. The van der Waals surface area contributed by atoms with Crippen LogP contribution in [0.15, 0.2) is 0 Å². The molecule has 3 rings (SSSR count). The van der Waals surface area contributed by atoms with Crippen LogP contribution >= 0.6 is 0 Å². The van der Waals surface area contributed by atoms with Crippen molar-refractivity contribution in [3.05, 3.63) is 0 Å². The summed E-state index contributed by atoms with van der Waals surface area (Å²) >= 11 is 0. The lowest BCUT2D eigenvalue weighted by Crippen LogP contribution is -2.45. The molecule has 0 spiro atoms. The van der Waals surface area contributed by atoms with E-state index in [0.29, 0.717) is 0 Å². The fraction of sp³-hybridized carbons (Fsp3) is 0.692. The first kappa shape index (κ1) is 15.3. The van der Waals surface area contributed by atoms with Gasteiger partial charge in [0.15, 0.2) is 0 Å². The molecule has 0 aromatic carbocycles. The van der Waals surface area contributed by atoms with Crippen LogP contribution in [0.4, 0.5) is 0 Å². The van der Waals surface area contributed by atoms with Gasteiger partial charge in [0.1, 0.15) is 0 Å². The van der Waals surface area contributed by atoms with E-state index in [9.17, 15) is 39.6 Å². The molecule has 0 radical (unpaired) electrons. The van der Waals surface area contributed by atoms with Crippen molar-refractivity contribution < 1.29 is 39.6 Å². The van der Waals surface area contributed by atoms with Crippen molar-refractivity contribution in [1.82, 2.24) is 0 Å². The number of carboxylic acid groups (broad SMARTS) is 4. The molecule has 0 aromatic rings. The maximum absolute atomic E-state index is 11.5. The van der Waals surface area contributed by atoms with Crippen LogP contribution < -0.4 is 0 Å². The van der Waals surface area contributed by atoms with Crippen LogP contribution in [-0.4, -0.2) is 44.3 Å². The van der Waals surface area contributed by atoms with Gasteiger partial charge in [-0.05, 0) is 31.1 Å². The molecule has 0 amide bonds. The van der Waals surface area contributed by atoms with Crippen LogP contribution in [0.25, 0.3) is 0 Å². The highest BCUT2D eigenvalue weighted by molar-refractivity contribution is 5.84. The quantitative estimate of drug-likeness (QED) is 0.576. The predicted octanol–water partition coefficient (Wildman–Crippen LogP) is 0.219. The van der Waals surface area contributed by atoms with E-state index in [1.165, 1.54) is 0 Å². The van der Waals surface area contributed by atoms with E-state index < -0.39 is 59.4 Å². The molecule has 0 aliphatic heterocycles. The minimum atomic E-state index is -1.37. The zero-order chi connectivity index (χ0) is 15.9. The third-order valence-electron chi connectivity index (χ3n) is 4.89. The second-order valence-electron chi connectivity index (χ2n) is 5.76. The summed E-state index contributed by atoms with van der Waals surface area (Å²) in [5, 5.41) is 37.2. The molecule has 8 nitrogen and oxygen atoms in total. The largest absolute Gasteiger partial charge is 0.481 e. The van der Waals surface area contributed by atoms with Crippen LogP contribution in [-0.2, 0) is 19.2 Å². The van der Waals surface area contributed by atoms with Gasteiger partial charge in [0.2, 0.25) is 0 Å². The third kappa shape index (κ3) is 2.45. The lowest BCUT2D eigenvalue weighted by atomic mass is 9.64. The van der Waals surface area contributed by atoms with Crippen LogP contribution in [0.2, 0.25) is 0 Å². The molecule has 8 heteroatoms. The van der Waals surface area contributed by atoms with Crippen molar-refractivity contribution in [2.75, 3.05) is 0 Å². The lowest BCUT2D eigenvalue weighted by molar-refractivity contribution is -0.165. The van der Waals surface area contributed by atoms with Gasteiger partial charge in [-0.25, -0.2) is 0 Å². The summed E-state index contributed by atoms with van der Waals surface area (Å²) < 4.78 is 0. The first-order chi connectivity index (χ1) is 9.75. The molecular formula is C13H16O8. The maximum Gasteiger partial charge on any atom is 0.307 e. The molecule has 3 fully saturated rings. The van der Waals surface area contributed by atoms with Gasteiger partial charge in [0, 0.05) is 0 Å². The summed E-state index contributed by atoms with van der Waals surface area (Å²) in [5.41, 5.74) is 0. The maximum atomic E-state index is 11.5. The molecule has 6 atom stereocenters. The highest BCUT2D eigenvalue weighted by Gasteiger charge is 2.57. The average Bonchev–Trinajstić information content (AvgIpc) is 2.64. The minimum Gasteiger partial charge on any atom is -0.481 e. The molecular weight excluding hydrogens is 284 g/mol. The Kier molecular flexibility index (Phi) is 3.89. The Balaban J connectivity index is 2.54. The van der Waals surface area contributed by atoms with Gasteiger partial charge < -0.3 is 20.4 Å². The number of carboxylic acids is 4. The number of fused-ring (bicyclic) bond motifs is 4. The highest BCUT2D eigenvalue weighted by Crippen LogP contribution is 2.52. The van der Waals surface area contributed by atoms with Gasteiger partial charge in [-0.2, -0.15) is 0 Å². The molecule has 21 heavy (non-hydrogen) atoms. The summed E-state index contributed by atoms with van der Waals surface area (Å²) in [4.78, 5) is 45.7. The topological polar surface area (TPSA) is 149 Å². The van der Waals surface area contributed by atoms with Crippen molar-refractivity contribution in [1.29, 1.82) is 0 Å². The smallest absolute Gasteiger partial charge is 0.307 e. The fourth-order valence-corrected chi connectivity index (χ4v) is 4.04. The van der Waals surface area contributed by atoms with Crippen LogP contribution in [0, 0.1) is 35.5 Å². The van der Waals surface area contributed by atoms with Gasteiger partial charge in [-0.15, -0.1) is 0 Å². The van der Waals surface area contributed by atoms with Gasteiger partial charge >= 0.3 is 23.9 Å². The summed E-state index contributed by atoms with van der Waals surface area (Å²) in [7, 11) is 0. The first-order valence-corrected chi connectivity index (χ1v) is 6.67. The molecule has 0 aromatic heterocycles. The van der Waals surface area contributed by atoms with Crippen LogP contribution in [0.1, 0.15) is 19.3 Å². The zero-order valence-electron chi connectivity index (χ0n) is 11.0. The number of aliphatic carboxylic acids is 4. The van der Waals surface area contributed by atoms with Crippen molar-refractivity contribution in [3.8, 4) is 0 Å². The Hall–Kier alpha value is -2.12. The molecule has 0 saturated heterocycles. The predicted molar refractivity (Wildman–Crippen MR) is 65.3 cm³/mol. The molecule has 116 valence electrons. The summed E-state index contributed by atoms with van der Waals surface area (Å²) in [6, 6.07) is 0. The molecule has 2 bridgehead atoms. The van der Waals surface area contributed by atoms with Crippen molar-refractivity contribution in [2.24, 2.45) is 35.5 Å². The van der Waals surface area contributed by atoms with Gasteiger partial charge in [-0.3, -0.25) is 19.2 Å². The molecule has 3 saturated carbocycles. The Labute approximate surface area is 119 Å². The number of hydrogen-bond donors (Lipinski definition) is 4. The molecule has 0 heterocycles. The molecule has 3 aliphatic carbocycles. The van der Waals surface area contributed by atoms with Gasteiger partial charge in [-0.1, -0.05) is 0 Å². The van der Waals surface area contributed by atoms with Gasteiger partial charge in [0.05, 0.1) is 23.7 Å². The molecule has 3 aliphatic rings. The van der Waals surface area contributed by atoms with E-state index >= 15 is 0 Å². The molecule has 4 N–H and O–H groups in total. The Morgan fingerprint density at radius 1 is 0.619 bits per heavy atom. The Morgan fingerprint density at radius 2 is 0.952 bits per heavy atom. The summed E-state index contributed by atoms with van der Waals surface area (Å²) in [6.07, 6.45) is 0.242.